The van der Waals surface area contributed by atoms with E-state index in [4.69, 9.17) is 10.2 Å². The predicted octanol–water partition coefficient (Wildman–Crippen LogP) is 5.31. The summed E-state index contributed by atoms with van der Waals surface area (Å²) in [4.78, 5) is 32.5. The first-order valence-corrected chi connectivity index (χ1v) is 15.9. The SMILES string of the molecule is CCCCc1nn(-c2cc(-n3nc(CCCC)c(/N=N/c4c(C(=O)O)cnn4C)c3NC)ncn2)c(NC)c1/N=N/c1c(C(=O)O)cnn1C. The monoisotopic (exact) mass is 686 g/mol. The van der Waals surface area contributed by atoms with Crippen molar-refractivity contribution < 1.29 is 19.8 Å². The molecular formula is C30H38N16O4. The molecule has 4 N–H and O–H groups in total. The second-order valence-corrected chi connectivity index (χ2v) is 11.1. The van der Waals surface area contributed by atoms with E-state index in [1.807, 2.05) is 0 Å². The van der Waals surface area contributed by atoms with Crippen LogP contribution in [0.5, 0.6) is 0 Å². The Hall–Kier alpha value is -6.34. The van der Waals surface area contributed by atoms with Crippen LogP contribution in [0.15, 0.2) is 45.2 Å². The van der Waals surface area contributed by atoms with Crippen LogP contribution in [-0.4, -0.2) is 85.3 Å². The van der Waals surface area contributed by atoms with Gasteiger partial charge in [-0.3, -0.25) is 0 Å². The number of aromatic nitrogens is 10. The lowest BCUT2D eigenvalue weighted by Crippen LogP contribution is -2.09. The third-order valence-electron chi connectivity index (χ3n) is 7.71. The molecule has 0 aliphatic carbocycles. The molecular weight excluding hydrogens is 648 g/mol. The third kappa shape index (κ3) is 6.93. The van der Waals surface area contributed by atoms with Crippen molar-refractivity contribution in [2.45, 2.75) is 52.4 Å². The standard InChI is InChI=1S/C30H38N16O4/c1-7-9-11-19-23(37-39-25-17(29(47)48)14-35-43(25)5)27(31-3)45(41-19)21-13-22(34-16-33-21)46-28(32-4)24(20(42-46)12-10-8-2)38-40-26-18(30(49)50)15-36-44(26)6/h13-16,31-32H,7-12H2,1-6H3,(H,47,48)(H,49,50)/b39-37+,40-38+. The minimum atomic E-state index is -1.17. The van der Waals surface area contributed by atoms with E-state index in [1.165, 1.54) is 28.1 Å². The van der Waals surface area contributed by atoms with Crippen LogP contribution in [0, 0.1) is 0 Å². The van der Waals surface area contributed by atoms with Crippen LogP contribution in [-0.2, 0) is 26.9 Å². The van der Waals surface area contributed by atoms with Gasteiger partial charge in [0.05, 0.1) is 23.8 Å². The van der Waals surface area contributed by atoms with Gasteiger partial charge in [0, 0.05) is 34.3 Å². The Morgan fingerprint density at radius 1 is 0.720 bits per heavy atom. The molecule has 0 aliphatic rings. The van der Waals surface area contributed by atoms with Crippen LogP contribution in [0.2, 0.25) is 0 Å². The number of nitrogens with zero attached hydrogens (tertiary/aromatic N) is 14. The molecule has 0 aromatic carbocycles. The summed E-state index contributed by atoms with van der Waals surface area (Å²) in [6.45, 7) is 4.13. The fourth-order valence-corrected chi connectivity index (χ4v) is 5.09. The highest BCUT2D eigenvalue weighted by Gasteiger charge is 2.24. The Morgan fingerprint density at radius 3 is 1.50 bits per heavy atom. The van der Waals surface area contributed by atoms with Crippen LogP contribution < -0.4 is 10.6 Å². The van der Waals surface area contributed by atoms with Crippen LogP contribution >= 0.6 is 0 Å². The molecule has 0 amide bonds. The maximum Gasteiger partial charge on any atom is 0.341 e. The zero-order chi connectivity index (χ0) is 35.9. The van der Waals surface area contributed by atoms with E-state index >= 15 is 0 Å². The Bertz CT molecular complexity index is 1930. The lowest BCUT2D eigenvalue weighted by atomic mass is 10.2. The summed E-state index contributed by atoms with van der Waals surface area (Å²) in [7, 11) is 6.61. The zero-order valence-electron chi connectivity index (χ0n) is 28.5. The second kappa shape index (κ2) is 15.3. The molecule has 0 atom stereocenters. The van der Waals surface area contributed by atoms with Crippen LogP contribution in [0.25, 0.3) is 11.6 Å². The van der Waals surface area contributed by atoms with Crippen molar-refractivity contribution in [2.75, 3.05) is 24.7 Å². The molecule has 5 rings (SSSR count). The number of azo groups is 2. The number of carboxylic acid groups (broad SMARTS) is 2. The molecule has 0 saturated heterocycles. The number of unbranched alkanes of at least 4 members (excludes halogenated alkanes) is 2. The van der Waals surface area contributed by atoms with Crippen LogP contribution in [0.1, 0.15) is 71.6 Å². The fourth-order valence-electron chi connectivity index (χ4n) is 5.09. The summed E-state index contributed by atoms with van der Waals surface area (Å²) in [5, 5.41) is 60.6. The quantitative estimate of drug-likeness (QED) is 0.0965. The van der Waals surface area contributed by atoms with Gasteiger partial charge in [0.1, 0.15) is 17.5 Å². The van der Waals surface area contributed by atoms with Gasteiger partial charge >= 0.3 is 11.9 Å². The molecule has 5 heterocycles. The number of carboxylic acids is 2. The largest absolute Gasteiger partial charge is 0.477 e. The molecule has 5 aromatic rings. The van der Waals surface area contributed by atoms with E-state index in [0.29, 0.717) is 58.9 Å². The molecule has 0 radical (unpaired) electrons. The number of aromatic carboxylic acids is 2. The summed E-state index contributed by atoms with van der Waals surface area (Å²) in [5.41, 5.74) is 1.96. The number of nitrogens with one attached hydrogen (secondary N) is 2. The highest BCUT2D eigenvalue weighted by atomic mass is 16.4. The van der Waals surface area contributed by atoms with Gasteiger partial charge in [0.2, 0.25) is 0 Å². The Labute approximate surface area is 286 Å². The summed E-state index contributed by atoms with van der Waals surface area (Å²) in [6, 6.07) is 1.70. The molecule has 0 spiro atoms. The Kier molecular flexibility index (Phi) is 10.7. The van der Waals surface area contributed by atoms with E-state index in [-0.39, 0.29) is 22.8 Å². The van der Waals surface area contributed by atoms with Gasteiger partial charge < -0.3 is 20.8 Å². The van der Waals surface area contributed by atoms with E-state index in [0.717, 1.165) is 25.7 Å². The molecule has 0 bridgehead atoms. The molecule has 262 valence electrons. The van der Waals surface area contributed by atoms with Crippen molar-refractivity contribution in [2.24, 2.45) is 34.6 Å². The number of hydrogen-bond acceptors (Lipinski definition) is 14. The molecule has 0 fully saturated rings. The normalized spacial score (nSPS) is 11.6. The van der Waals surface area contributed by atoms with Crippen LogP contribution in [0.3, 0.4) is 0 Å². The molecule has 5 aromatic heterocycles. The average molecular weight is 687 g/mol. The number of hydrogen-bond donors (Lipinski definition) is 4. The smallest absolute Gasteiger partial charge is 0.341 e. The number of anilines is 2. The highest BCUT2D eigenvalue weighted by molar-refractivity contribution is 5.92. The molecule has 50 heavy (non-hydrogen) atoms. The summed E-state index contributed by atoms with van der Waals surface area (Å²) < 4.78 is 5.85. The van der Waals surface area contributed by atoms with Crippen molar-refractivity contribution in [3.63, 3.8) is 0 Å². The molecule has 20 heteroatoms. The van der Waals surface area contributed by atoms with Gasteiger partial charge in [0.15, 0.2) is 46.3 Å². The first kappa shape index (κ1) is 35.0. The Balaban J connectivity index is 1.61. The fraction of sp³-hybridized carbons (Fsp3) is 0.400. The number of aryl methyl sites for hydroxylation is 4. The first-order valence-electron chi connectivity index (χ1n) is 15.9. The van der Waals surface area contributed by atoms with Crippen LogP contribution in [0.4, 0.5) is 34.6 Å². The average Bonchev–Trinajstić information content (AvgIpc) is 3.86. The first-order chi connectivity index (χ1) is 24.1. The number of carbonyl (C=O) groups is 2. The van der Waals surface area contributed by atoms with Crippen molar-refractivity contribution in [3.8, 4) is 11.6 Å². The maximum atomic E-state index is 11.7. The van der Waals surface area contributed by atoms with Crippen molar-refractivity contribution in [3.05, 3.63) is 47.3 Å². The minimum Gasteiger partial charge on any atom is -0.477 e. The molecule has 0 unspecified atom stereocenters. The maximum absolute atomic E-state index is 11.7. The van der Waals surface area contributed by atoms with Gasteiger partial charge in [-0.2, -0.15) is 29.8 Å². The second-order valence-electron chi connectivity index (χ2n) is 11.1. The minimum absolute atomic E-state index is 0.0791. The molecule has 0 aliphatic heterocycles. The lowest BCUT2D eigenvalue weighted by molar-refractivity contribution is 0.0686. The van der Waals surface area contributed by atoms with Crippen molar-refractivity contribution >= 4 is 46.6 Å². The summed E-state index contributed by atoms with van der Waals surface area (Å²) in [5.74, 6) is -0.427. The van der Waals surface area contributed by atoms with E-state index in [9.17, 15) is 19.8 Å². The topological polar surface area (TPSA) is 245 Å². The van der Waals surface area contributed by atoms with Gasteiger partial charge in [-0.25, -0.2) is 28.9 Å². The van der Waals surface area contributed by atoms with E-state index in [2.05, 4.69) is 65.1 Å². The van der Waals surface area contributed by atoms with E-state index < -0.39 is 11.9 Å². The van der Waals surface area contributed by atoms with Gasteiger partial charge in [-0.05, 0) is 25.7 Å². The van der Waals surface area contributed by atoms with Gasteiger partial charge in [-0.15, -0.1) is 20.5 Å². The lowest BCUT2D eigenvalue weighted by Gasteiger charge is -2.09. The zero-order valence-corrected chi connectivity index (χ0v) is 28.5. The van der Waals surface area contributed by atoms with Gasteiger partial charge in [-0.1, -0.05) is 26.7 Å². The van der Waals surface area contributed by atoms with Crippen molar-refractivity contribution in [1.29, 1.82) is 0 Å². The van der Waals surface area contributed by atoms with E-state index in [1.54, 1.807) is 43.6 Å². The van der Waals surface area contributed by atoms with Gasteiger partial charge in [0.25, 0.3) is 0 Å². The summed E-state index contributed by atoms with van der Waals surface area (Å²) in [6.07, 6.45) is 8.47. The third-order valence-corrected chi connectivity index (χ3v) is 7.71. The molecule has 0 saturated carbocycles. The van der Waals surface area contributed by atoms with Crippen molar-refractivity contribution in [1.82, 2.24) is 49.1 Å². The summed E-state index contributed by atoms with van der Waals surface area (Å²) >= 11 is 0. The number of rotatable bonds is 16. The molecule has 20 nitrogen and oxygen atoms in total. The Morgan fingerprint density at radius 2 is 1.14 bits per heavy atom. The predicted molar refractivity (Wildman–Crippen MR) is 181 cm³/mol. The highest BCUT2D eigenvalue weighted by Crippen LogP contribution is 2.36.